The van der Waals surface area contributed by atoms with Gasteiger partial charge in [-0.2, -0.15) is 0 Å². The summed E-state index contributed by atoms with van der Waals surface area (Å²) in [6.45, 7) is 9.20. The van der Waals surface area contributed by atoms with Gasteiger partial charge >= 0.3 is 5.97 Å². The van der Waals surface area contributed by atoms with Crippen molar-refractivity contribution in [3.8, 4) is 0 Å². The molecule has 0 spiro atoms. The molecule has 0 aliphatic rings. The lowest BCUT2D eigenvalue weighted by Gasteiger charge is -2.19. The number of nitrogens with zero attached hydrogens (tertiary/aromatic N) is 1. The lowest BCUT2D eigenvalue weighted by molar-refractivity contribution is 0.00689. The number of nitrogens with two attached hydrogens (primary N) is 1. The number of carbonyl (C=O) groups excluding carboxylic acids is 1. The molecule has 0 fully saturated rings. The normalized spacial score (nSPS) is 11.9. The molecule has 0 atom stereocenters. The molecule has 1 heterocycles. The second-order valence-corrected chi connectivity index (χ2v) is 4.96. The quantitative estimate of drug-likeness (QED) is 0.783. The van der Waals surface area contributed by atoms with Gasteiger partial charge in [0.05, 0.1) is 0 Å². The standard InChI is InChI=1S/C11H18N2O3/c1-6(2)8-7(9(12)16-13-8)10(14)15-11(3,4)5/h6H,12H2,1-5H3. The van der Waals surface area contributed by atoms with Crippen molar-refractivity contribution in [2.75, 3.05) is 5.73 Å². The third-order valence-corrected chi connectivity index (χ3v) is 1.89. The van der Waals surface area contributed by atoms with E-state index in [0.29, 0.717) is 5.69 Å². The van der Waals surface area contributed by atoms with Crippen LogP contribution >= 0.6 is 0 Å². The minimum Gasteiger partial charge on any atom is -0.456 e. The third-order valence-electron chi connectivity index (χ3n) is 1.89. The van der Waals surface area contributed by atoms with Crippen molar-refractivity contribution in [2.45, 2.75) is 46.1 Å². The van der Waals surface area contributed by atoms with Crippen LogP contribution in [0.15, 0.2) is 4.52 Å². The molecule has 0 aliphatic carbocycles. The maximum atomic E-state index is 11.9. The fourth-order valence-electron chi connectivity index (χ4n) is 1.24. The molecule has 2 N–H and O–H groups in total. The van der Waals surface area contributed by atoms with E-state index in [1.165, 1.54) is 0 Å². The van der Waals surface area contributed by atoms with E-state index in [1.54, 1.807) is 20.8 Å². The average molecular weight is 226 g/mol. The summed E-state index contributed by atoms with van der Waals surface area (Å²) in [4.78, 5) is 11.9. The highest BCUT2D eigenvalue weighted by Gasteiger charge is 2.27. The van der Waals surface area contributed by atoms with Gasteiger partial charge in [-0.15, -0.1) is 0 Å². The van der Waals surface area contributed by atoms with E-state index >= 15 is 0 Å². The monoisotopic (exact) mass is 226 g/mol. The highest BCUT2D eigenvalue weighted by Crippen LogP contribution is 2.25. The Labute approximate surface area is 94.9 Å². The zero-order valence-corrected chi connectivity index (χ0v) is 10.3. The van der Waals surface area contributed by atoms with E-state index in [9.17, 15) is 4.79 Å². The molecular weight excluding hydrogens is 208 g/mol. The van der Waals surface area contributed by atoms with Gasteiger partial charge in [-0.05, 0) is 20.8 Å². The largest absolute Gasteiger partial charge is 0.456 e. The molecule has 0 saturated carbocycles. The predicted octanol–water partition coefficient (Wildman–Crippen LogP) is 2.34. The number of hydrogen-bond donors (Lipinski definition) is 1. The number of aromatic nitrogens is 1. The molecule has 1 aromatic rings. The summed E-state index contributed by atoms with van der Waals surface area (Å²) >= 11 is 0. The van der Waals surface area contributed by atoms with Crippen molar-refractivity contribution >= 4 is 11.9 Å². The second-order valence-electron chi connectivity index (χ2n) is 4.96. The zero-order chi connectivity index (χ0) is 12.5. The Morgan fingerprint density at radius 2 is 2.00 bits per heavy atom. The smallest absolute Gasteiger partial charge is 0.346 e. The second kappa shape index (κ2) is 4.15. The van der Waals surface area contributed by atoms with Gasteiger partial charge in [-0.3, -0.25) is 0 Å². The molecule has 16 heavy (non-hydrogen) atoms. The molecule has 0 amide bonds. The summed E-state index contributed by atoms with van der Waals surface area (Å²) in [5, 5.41) is 3.77. The summed E-state index contributed by atoms with van der Waals surface area (Å²) in [6, 6.07) is 0. The van der Waals surface area contributed by atoms with Crippen molar-refractivity contribution in [1.29, 1.82) is 0 Å². The van der Waals surface area contributed by atoms with Gasteiger partial charge in [0.1, 0.15) is 16.9 Å². The van der Waals surface area contributed by atoms with Gasteiger partial charge in [-0.25, -0.2) is 4.79 Å². The van der Waals surface area contributed by atoms with Crippen LogP contribution in [-0.4, -0.2) is 16.7 Å². The first-order valence-electron chi connectivity index (χ1n) is 5.20. The molecule has 5 heteroatoms. The summed E-state index contributed by atoms with van der Waals surface area (Å²) < 4.78 is 10.1. The Kier molecular flexibility index (Phi) is 3.26. The molecule has 90 valence electrons. The molecule has 0 unspecified atom stereocenters. The van der Waals surface area contributed by atoms with E-state index in [1.807, 2.05) is 13.8 Å². The first kappa shape index (κ1) is 12.5. The van der Waals surface area contributed by atoms with Crippen LogP contribution in [0, 0.1) is 0 Å². The van der Waals surface area contributed by atoms with Crippen LogP contribution in [0.2, 0.25) is 0 Å². The summed E-state index contributed by atoms with van der Waals surface area (Å²) in [5.41, 5.74) is 5.78. The molecular formula is C11H18N2O3. The lowest BCUT2D eigenvalue weighted by atomic mass is 10.1. The molecule has 0 aliphatic heterocycles. The molecule has 0 aromatic carbocycles. The van der Waals surface area contributed by atoms with Crippen molar-refractivity contribution in [2.24, 2.45) is 0 Å². The fourth-order valence-corrected chi connectivity index (χ4v) is 1.24. The number of carbonyl (C=O) groups is 1. The van der Waals surface area contributed by atoms with Crippen LogP contribution in [0.4, 0.5) is 5.88 Å². The van der Waals surface area contributed by atoms with E-state index in [2.05, 4.69) is 5.16 Å². The highest BCUT2D eigenvalue weighted by atomic mass is 16.6. The van der Waals surface area contributed by atoms with E-state index in [4.69, 9.17) is 15.0 Å². The van der Waals surface area contributed by atoms with Crippen LogP contribution in [0.25, 0.3) is 0 Å². The van der Waals surface area contributed by atoms with Gasteiger partial charge in [0, 0.05) is 5.92 Å². The number of esters is 1. The maximum Gasteiger partial charge on any atom is 0.346 e. The minimum atomic E-state index is -0.560. The Morgan fingerprint density at radius 1 is 1.44 bits per heavy atom. The number of anilines is 1. The Hall–Kier alpha value is -1.52. The Bertz CT molecular complexity index is 388. The predicted molar refractivity (Wildman–Crippen MR) is 60.2 cm³/mol. The van der Waals surface area contributed by atoms with E-state index in [-0.39, 0.29) is 17.4 Å². The van der Waals surface area contributed by atoms with Gasteiger partial charge in [-0.1, -0.05) is 19.0 Å². The van der Waals surface area contributed by atoms with Crippen molar-refractivity contribution in [1.82, 2.24) is 5.16 Å². The highest BCUT2D eigenvalue weighted by molar-refractivity contribution is 5.95. The van der Waals surface area contributed by atoms with Crippen LogP contribution in [0.3, 0.4) is 0 Å². The first-order chi connectivity index (χ1) is 7.22. The fraction of sp³-hybridized carbons (Fsp3) is 0.636. The summed E-state index contributed by atoms with van der Waals surface area (Å²) in [7, 11) is 0. The summed E-state index contributed by atoms with van der Waals surface area (Å²) in [6.07, 6.45) is 0. The lowest BCUT2D eigenvalue weighted by Crippen LogP contribution is -2.24. The van der Waals surface area contributed by atoms with E-state index < -0.39 is 11.6 Å². The van der Waals surface area contributed by atoms with Gasteiger partial charge in [0.2, 0.25) is 5.88 Å². The molecule has 1 aromatic heterocycles. The number of ether oxygens (including phenoxy) is 1. The van der Waals surface area contributed by atoms with Crippen LogP contribution in [0.1, 0.15) is 56.6 Å². The van der Waals surface area contributed by atoms with Crippen molar-refractivity contribution < 1.29 is 14.1 Å². The molecule has 0 saturated heterocycles. The van der Waals surface area contributed by atoms with Gasteiger partial charge in [0.25, 0.3) is 0 Å². The number of rotatable bonds is 2. The van der Waals surface area contributed by atoms with Crippen LogP contribution < -0.4 is 5.73 Å². The third kappa shape index (κ3) is 2.74. The van der Waals surface area contributed by atoms with Crippen molar-refractivity contribution in [3.05, 3.63) is 11.3 Å². The Morgan fingerprint density at radius 3 is 2.44 bits per heavy atom. The van der Waals surface area contributed by atoms with Crippen LogP contribution in [-0.2, 0) is 4.74 Å². The Balaban J connectivity index is 3.03. The summed E-state index contributed by atoms with van der Waals surface area (Å²) in [5.74, 6) is -0.420. The maximum absolute atomic E-state index is 11.9. The molecule has 0 radical (unpaired) electrons. The van der Waals surface area contributed by atoms with Crippen LogP contribution in [0.5, 0.6) is 0 Å². The SMILES string of the molecule is CC(C)c1noc(N)c1C(=O)OC(C)(C)C. The van der Waals surface area contributed by atoms with Gasteiger partial charge < -0.3 is 15.0 Å². The topological polar surface area (TPSA) is 78.4 Å². The van der Waals surface area contributed by atoms with Crippen molar-refractivity contribution in [3.63, 3.8) is 0 Å². The molecule has 1 rings (SSSR count). The average Bonchev–Trinajstić information content (AvgIpc) is 2.43. The number of nitrogen functional groups attached to an aromatic ring is 1. The number of hydrogen-bond acceptors (Lipinski definition) is 5. The molecule has 5 nitrogen and oxygen atoms in total. The molecule has 0 bridgehead atoms. The zero-order valence-electron chi connectivity index (χ0n) is 10.3. The van der Waals surface area contributed by atoms with E-state index in [0.717, 1.165) is 0 Å². The van der Waals surface area contributed by atoms with Gasteiger partial charge in [0.15, 0.2) is 0 Å². The minimum absolute atomic E-state index is 0.0120. The first-order valence-corrected chi connectivity index (χ1v) is 5.20.